The minimum absolute atomic E-state index is 0.303. The SMILES string of the molecule is C#Cc1cc(F)c(C)cn1. The normalized spacial score (nSPS) is 8.90. The first-order valence-corrected chi connectivity index (χ1v) is 2.83. The van der Waals surface area contributed by atoms with E-state index < -0.39 is 0 Å². The maximum absolute atomic E-state index is 12.6. The van der Waals surface area contributed by atoms with Crippen LogP contribution in [0.1, 0.15) is 11.3 Å². The van der Waals surface area contributed by atoms with Gasteiger partial charge in [-0.05, 0) is 6.92 Å². The molecular weight excluding hydrogens is 129 g/mol. The van der Waals surface area contributed by atoms with Crippen LogP contribution in [0.25, 0.3) is 0 Å². The van der Waals surface area contributed by atoms with Gasteiger partial charge in [-0.15, -0.1) is 6.42 Å². The fraction of sp³-hybridized carbons (Fsp3) is 0.125. The molecular formula is C8H6FN. The summed E-state index contributed by atoms with van der Waals surface area (Å²) >= 11 is 0. The molecule has 1 nitrogen and oxygen atoms in total. The number of pyridine rings is 1. The Morgan fingerprint density at radius 2 is 2.40 bits per heavy atom. The minimum Gasteiger partial charge on any atom is -0.247 e. The average Bonchev–Trinajstić information content (AvgIpc) is 1.95. The lowest BCUT2D eigenvalue weighted by atomic mass is 10.2. The number of nitrogens with zero attached hydrogens (tertiary/aromatic N) is 1. The molecule has 2 heteroatoms. The molecule has 0 bridgehead atoms. The summed E-state index contributed by atoms with van der Waals surface area (Å²) in [5, 5.41) is 0. The largest absolute Gasteiger partial charge is 0.247 e. The predicted molar refractivity (Wildman–Crippen MR) is 36.9 cm³/mol. The number of halogens is 1. The van der Waals surface area contributed by atoms with E-state index in [4.69, 9.17) is 6.42 Å². The van der Waals surface area contributed by atoms with Crippen molar-refractivity contribution in [2.75, 3.05) is 0 Å². The molecule has 50 valence electrons. The van der Waals surface area contributed by atoms with Gasteiger partial charge in [-0.1, -0.05) is 5.92 Å². The molecule has 0 aliphatic carbocycles. The summed E-state index contributed by atoms with van der Waals surface area (Å²) in [6, 6.07) is 1.25. The fourth-order valence-electron chi connectivity index (χ4n) is 0.578. The summed E-state index contributed by atoms with van der Waals surface area (Å²) in [6.07, 6.45) is 6.41. The Labute approximate surface area is 58.9 Å². The molecule has 10 heavy (non-hydrogen) atoms. The maximum Gasteiger partial charge on any atom is 0.130 e. The molecule has 1 heterocycles. The molecule has 1 rings (SSSR count). The molecule has 0 saturated carbocycles. The van der Waals surface area contributed by atoms with E-state index in [1.165, 1.54) is 12.3 Å². The molecule has 0 radical (unpaired) electrons. The van der Waals surface area contributed by atoms with Crippen molar-refractivity contribution in [2.24, 2.45) is 0 Å². The third-order valence-electron chi connectivity index (χ3n) is 1.19. The maximum atomic E-state index is 12.6. The van der Waals surface area contributed by atoms with Gasteiger partial charge >= 0.3 is 0 Å². The zero-order chi connectivity index (χ0) is 7.56. The zero-order valence-electron chi connectivity index (χ0n) is 5.56. The van der Waals surface area contributed by atoms with Gasteiger partial charge in [-0.2, -0.15) is 0 Å². The number of rotatable bonds is 0. The van der Waals surface area contributed by atoms with Crippen LogP contribution in [0.4, 0.5) is 4.39 Å². The van der Waals surface area contributed by atoms with E-state index >= 15 is 0 Å². The third-order valence-corrected chi connectivity index (χ3v) is 1.19. The first-order chi connectivity index (χ1) is 4.74. The van der Waals surface area contributed by atoms with Gasteiger partial charge in [0.15, 0.2) is 0 Å². The average molecular weight is 135 g/mol. The van der Waals surface area contributed by atoms with Gasteiger partial charge in [0.1, 0.15) is 11.5 Å². The van der Waals surface area contributed by atoms with Crippen molar-refractivity contribution < 1.29 is 4.39 Å². The van der Waals surface area contributed by atoms with Crippen molar-refractivity contribution >= 4 is 0 Å². The Morgan fingerprint density at radius 1 is 1.70 bits per heavy atom. The quantitative estimate of drug-likeness (QED) is 0.491. The Hall–Kier alpha value is -1.36. The molecule has 1 aromatic heterocycles. The second-order valence-electron chi connectivity index (χ2n) is 1.96. The van der Waals surface area contributed by atoms with Crippen molar-refractivity contribution in [3.63, 3.8) is 0 Å². The van der Waals surface area contributed by atoms with E-state index in [1.807, 2.05) is 0 Å². The smallest absolute Gasteiger partial charge is 0.130 e. The van der Waals surface area contributed by atoms with E-state index in [0.717, 1.165) is 0 Å². The van der Waals surface area contributed by atoms with Crippen LogP contribution >= 0.6 is 0 Å². The highest BCUT2D eigenvalue weighted by atomic mass is 19.1. The number of aromatic nitrogens is 1. The molecule has 0 unspecified atom stereocenters. The van der Waals surface area contributed by atoms with Gasteiger partial charge in [0.05, 0.1) is 0 Å². The number of hydrogen-bond donors (Lipinski definition) is 0. The molecule has 0 spiro atoms. The van der Waals surface area contributed by atoms with Gasteiger partial charge in [0, 0.05) is 17.8 Å². The van der Waals surface area contributed by atoms with Crippen LogP contribution in [0.2, 0.25) is 0 Å². The van der Waals surface area contributed by atoms with E-state index in [2.05, 4.69) is 10.9 Å². The Morgan fingerprint density at radius 3 is 2.90 bits per heavy atom. The Kier molecular flexibility index (Phi) is 1.68. The molecule has 0 aliphatic rings. The molecule has 0 fully saturated rings. The van der Waals surface area contributed by atoms with E-state index in [0.29, 0.717) is 11.3 Å². The molecule has 0 amide bonds. The Bertz CT molecular complexity index is 286. The lowest BCUT2D eigenvalue weighted by molar-refractivity contribution is 0.615. The summed E-state index contributed by atoms with van der Waals surface area (Å²) in [5.74, 6) is 1.94. The van der Waals surface area contributed by atoms with Gasteiger partial charge in [-0.3, -0.25) is 0 Å². The van der Waals surface area contributed by atoms with Gasteiger partial charge < -0.3 is 0 Å². The van der Waals surface area contributed by atoms with Crippen LogP contribution in [-0.2, 0) is 0 Å². The lowest BCUT2D eigenvalue weighted by Gasteiger charge is -1.93. The predicted octanol–water partition coefficient (Wildman–Crippen LogP) is 1.51. The summed E-state index contributed by atoms with van der Waals surface area (Å²) in [7, 11) is 0. The van der Waals surface area contributed by atoms with Crippen molar-refractivity contribution in [1.82, 2.24) is 4.98 Å². The number of terminal acetylenes is 1. The van der Waals surface area contributed by atoms with Gasteiger partial charge in [0.2, 0.25) is 0 Å². The lowest BCUT2D eigenvalue weighted by Crippen LogP contribution is -1.87. The van der Waals surface area contributed by atoms with E-state index in [1.54, 1.807) is 6.92 Å². The standard InChI is InChI=1S/C8H6FN/c1-3-7-4-8(9)6(2)5-10-7/h1,4-5H,2H3. The number of hydrogen-bond acceptors (Lipinski definition) is 1. The molecule has 0 saturated heterocycles. The van der Waals surface area contributed by atoms with Crippen molar-refractivity contribution in [2.45, 2.75) is 6.92 Å². The second-order valence-corrected chi connectivity index (χ2v) is 1.96. The second kappa shape index (κ2) is 2.49. The highest BCUT2D eigenvalue weighted by Crippen LogP contribution is 2.03. The fourth-order valence-corrected chi connectivity index (χ4v) is 0.578. The van der Waals surface area contributed by atoms with Crippen molar-refractivity contribution in [3.05, 3.63) is 29.3 Å². The molecule has 0 N–H and O–H groups in total. The van der Waals surface area contributed by atoms with Crippen LogP contribution in [0.15, 0.2) is 12.3 Å². The first kappa shape index (κ1) is 6.76. The van der Waals surface area contributed by atoms with Crippen LogP contribution in [0, 0.1) is 25.1 Å². The van der Waals surface area contributed by atoms with Crippen molar-refractivity contribution in [3.8, 4) is 12.3 Å². The topological polar surface area (TPSA) is 12.9 Å². The monoisotopic (exact) mass is 135 g/mol. The van der Waals surface area contributed by atoms with Gasteiger partial charge in [-0.25, -0.2) is 9.37 Å². The zero-order valence-corrected chi connectivity index (χ0v) is 5.56. The summed E-state index contributed by atoms with van der Waals surface area (Å²) in [4.78, 5) is 3.78. The van der Waals surface area contributed by atoms with Gasteiger partial charge in [0.25, 0.3) is 0 Å². The number of aryl methyl sites for hydroxylation is 1. The summed E-state index contributed by atoms with van der Waals surface area (Å²) in [5.41, 5.74) is 0.849. The molecule has 0 aliphatic heterocycles. The van der Waals surface area contributed by atoms with Crippen LogP contribution in [0.5, 0.6) is 0 Å². The highest BCUT2D eigenvalue weighted by molar-refractivity contribution is 5.26. The van der Waals surface area contributed by atoms with Crippen molar-refractivity contribution in [1.29, 1.82) is 0 Å². The van der Waals surface area contributed by atoms with E-state index in [9.17, 15) is 4.39 Å². The first-order valence-electron chi connectivity index (χ1n) is 2.83. The Balaban J connectivity index is 3.20. The van der Waals surface area contributed by atoms with Crippen LogP contribution in [-0.4, -0.2) is 4.98 Å². The molecule has 1 aromatic rings. The molecule has 0 aromatic carbocycles. The van der Waals surface area contributed by atoms with Crippen LogP contribution in [0.3, 0.4) is 0 Å². The third kappa shape index (κ3) is 1.14. The minimum atomic E-state index is -0.303. The summed E-state index contributed by atoms with van der Waals surface area (Å²) in [6.45, 7) is 1.64. The molecule has 0 atom stereocenters. The van der Waals surface area contributed by atoms with Crippen LogP contribution < -0.4 is 0 Å². The van der Waals surface area contributed by atoms with E-state index in [-0.39, 0.29) is 5.82 Å². The summed E-state index contributed by atoms with van der Waals surface area (Å²) < 4.78 is 12.6. The highest BCUT2D eigenvalue weighted by Gasteiger charge is 1.96.